The summed E-state index contributed by atoms with van der Waals surface area (Å²) in [5.74, 6) is 0. The largest absolute Gasteiger partial charge is 0.378 e. The van der Waals surface area contributed by atoms with E-state index in [2.05, 4.69) is 32.9 Å². The van der Waals surface area contributed by atoms with E-state index in [9.17, 15) is 0 Å². The van der Waals surface area contributed by atoms with Crippen LogP contribution in [0.3, 0.4) is 0 Å². The molecule has 1 unspecified atom stereocenters. The van der Waals surface area contributed by atoms with Gasteiger partial charge in [0.1, 0.15) is 0 Å². The summed E-state index contributed by atoms with van der Waals surface area (Å²) in [5, 5.41) is 0. The van der Waals surface area contributed by atoms with Gasteiger partial charge < -0.3 is 4.74 Å². The van der Waals surface area contributed by atoms with Crippen LogP contribution in [0.4, 0.5) is 0 Å². The molecule has 0 rings (SSSR count). The van der Waals surface area contributed by atoms with Crippen molar-refractivity contribution in [2.75, 3.05) is 6.61 Å². The van der Waals surface area contributed by atoms with Gasteiger partial charge in [0.25, 0.3) is 0 Å². The molecule has 0 heterocycles. The second-order valence-corrected chi connectivity index (χ2v) is 5.15. The Morgan fingerprint density at radius 1 is 0.833 bits per heavy atom. The third-order valence-electron chi connectivity index (χ3n) is 3.34. The number of unbranched alkanes of at least 4 members (excludes halogenated alkanes) is 5. The minimum absolute atomic E-state index is 0.501. The first-order valence-electron chi connectivity index (χ1n) is 8.11. The van der Waals surface area contributed by atoms with Gasteiger partial charge in [0, 0.05) is 6.61 Å². The predicted octanol–water partition coefficient (Wildman–Crippen LogP) is 5.89. The highest BCUT2D eigenvalue weighted by Crippen LogP contribution is 2.11. The van der Waals surface area contributed by atoms with Crippen molar-refractivity contribution < 1.29 is 4.74 Å². The Bertz CT molecular complexity index is 174. The summed E-state index contributed by atoms with van der Waals surface area (Å²) in [6, 6.07) is 0. The first-order valence-corrected chi connectivity index (χ1v) is 8.11. The zero-order valence-electron chi connectivity index (χ0n) is 12.9. The average Bonchev–Trinajstić information content (AvgIpc) is 2.40. The molecule has 0 aromatic carbocycles. The smallest absolute Gasteiger partial charge is 0.0572 e. The molecular formula is C17H34O. The van der Waals surface area contributed by atoms with Crippen molar-refractivity contribution >= 4 is 0 Å². The maximum absolute atomic E-state index is 5.87. The molecule has 0 aliphatic rings. The minimum atomic E-state index is 0.501. The van der Waals surface area contributed by atoms with Crippen LogP contribution in [0, 0.1) is 0 Å². The van der Waals surface area contributed by atoms with E-state index in [1.807, 2.05) is 0 Å². The summed E-state index contributed by atoms with van der Waals surface area (Å²) in [6.07, 6.45) is 17.8. The van der Waals surface area contributed by atoms with E-state index in [4.69, 9.17) is 4.74 Å². The number of hydrogen-bond donors (Lipinski definition) is 0. The van der Waals surface area contributed by atoms with Gasteiger partial charge in [0.2, 0.25) is 0 Å². The highest BCUT2D eigenvalue weighted by molar-refractivity contribution is 4.81. The second-order valence-electron chi connectivity index (χ2n) is 5.15. The summed E-state index contributed by atoms with van der Waals surface area (Å²) in [7, 11) is 0. The Hall–Kier alpha value is -0.300. The zero-order valence-corrected chi connectivity index (χ0v) is 12.9. The number of hydrogen-bond acceptors (Lipinski definition) is 1. The molecule has 1 nitrogen and oxygen atoms in total. The molecular weight excluding hydrogens is 220 g/mol. The fourth-order valence-electron chi connectivity index (χ4n) is 1.99. The monoisotopic (exact) mass is 254 g/mol. The topological polar surface area (TPSA) is 9.23 Å². The SMILES string of the molecule is CCCCC=CCCCCC(CC)OCCCC. The third-order valence-corrected chi connectivity index (χ3v) is 3.34. The summed E-state index contributed by atoms with van der Waals surface area (Å²) < 4.78 is 5.87. The molecule has 18 heavy (non-hydrogen) atoms. The van der Waals surface area contributed by atoms with Crippen LogP contribution in [0.5, 0.6) is 0 Å². The van der Waals surface area contributed by atoms with Crippen molar-refractivity contribution in [2.24, 2.45) is 0 Å². The summed E-state index contributed by atoms with van der Waals surface area (Å²) in [5.41, 5.74) is 0. The molecule has 0 aliphatic carbocycles. The van der Waals surface area contributed by atoms with Gasteiger partial charge in [-0.2, -0.15) is 0 Å². The van der Waals surface area contributed by atoms with E-state index in [1.54, 1.807) is 0 Å². The Kier molecular flexibility index (Phi) is 14.5. The van der Waals surface area contributed by atoms with E-state index < -0.39 is 0 Å². The Labute approximate surface area is 115 Å². The average molecular weight is 254 g/mol. The maximum Gasteiger partial charge on any atom is 0.0572 e. The first kappa shape index (κ1) is 17.7. The van der Waals surface area contributed by atoms with Gasteiger partial charge in [0.15, 0.2) is 0 Å². The molecule has 0 radical (unpaired) electrons. The van der Waals surface area contributed by atoms with Crippen LogP contribution in [-0.4, -0.2) is 12.7 Å². The lowest BCUT2D eigenvalue weighted by Crippen LogP contribution is -2.12. The van der Waals surface area contributed by atoms with E-state index in [1.165, 1.54) is 57.8 Å². The molecule has 0 N–H and O–H groups in total. The highest BCUT2D eigenvalue weighted by atomic mass is 16.5. The molecule has 0 saturated heterocycles. The van der Waals surface area contributed by atoms with Crippen molar-refractivity contribution in [3.05, 3.63) is 12.2 Å². The fraction of sp³-hybridized carbons (Fsp3) is 0.882. The summed E-state index contributed by atoms with van der Waals surface area (Å²) >= 11 is 0. The van der Waals surface area contributed by atoms with Gasteiger partial charge in [-0.15, -0.1) is 0 Å². The van der Waals surface area contributed by atoms with Crippen LogP contribution in [-0.2, 0) is 4.74 Å². The molecule has 108 valence electrons. The lowest BCUT2D eigenvalue weighted by Gasteiger charge is -2.15. The molecule has 1 atom stereocenters. The molecule has 0 saturated carbocycles. The summed E-state index contributed by atoms with van der Waals surface area (Å²) in [4.78, 5) is 0. The molecule has 0 aromatic rings. The Balaban J connectivity index is 3.35. The van der Waals surface area contributed by atoms with Gasteiger partial charge in [-0.1, -0.05) is 58.6 Å². The van der Waals surface area contributed by atoms with Crippen LogP contribution < -0.4 is 0 Å². The van der Waals surface area contributed by atoms with Gasteiger partial charge in [-0.25, -0.2) is 0 Å². The van der Waals surface area contributed by atoms with Crippen molar-refractivity contribution in [1.82, 2.24) is 0 Å². The number of ether oxygens (including phenoxy) is 1. The van der Waals surface area contributed by atoms with E-state index in [0.717, 1.165) is 13.0 Å². The van der Waals surface area contributed by atoms with E-state index >= 15 is 0 Å². The third kappa shape index (κ3) is 12.2. The highest BCUT2D eigenvalue weighted by Gasteiger charge is 2.05. The van der Waals surface area contributed by atoms with Crippen molar-refractivity contribution in [3.63, 3.8) is 0 Å². The van der Waals surface area contributed by atoms with Crippen LogP contribution in [0.25, 0.3) is 0 Å². The minimum Gasteiger partial charge on any atom is -0.378 e. The maximum atomic E-state index is 5.87. The molecule has 0 aliphatic heterocycles. The molecule has 0 fully saturated rings. The van der Waals surface area contributed by atoms with Gasteiger partial charge in [-0.05, 0) is 38.5 Å². The van der Waals surface area contributed by atoms with E-state index in [0.29, 0.717) is 6.10 Å². The lowest BCUT2D eigenvalue weighted by molar-refractivity contribution is 0.0416. The number of allylic oxidation sites excluding steroid dienone is 2. The van der Waals surface area contributed by atoms with E-state index in [-0.39, 0.29) is 0 Å². The van der Waals surface area contributed by atoms with Crippen LogP contribution in [0.15, 0.2) is 12.2 Å². The molecule has 0 bridgehead atoms. The zero-order chi connectivity index (χ0) is 13.5. The Morgan fingerprint density at radius 3 is 2.11 bits per heavy atom. The van der Waals surface area contributed by atoms with Crippen molar-refractivity contribution in [2.45, 2.75) is 91.1 Å². The van der Waals surface area contributed by atoms with Gasteiger partial charge >= 0.3 is 0 Å². The van der Waals surface area contributed by atoms with Crippen LogP contribution in [0.2, 0.25) is 0 Å². The van der Waals surface area contributed by atoms with Crippen molar-refractivity contribution in [3.8, 4) is 0 Å². The van der Waals surface area contributed by atoms with Crippen LogP contribution in [0.1, 0.15) is 85.0 Å². The number of rotatable bonds is 13. The van der Waals surface area contributed by atoms with Gasteiger partial charge in [-0.3, -0.25) is 0 Å². The lowest BCUT2D eigenvalue weighted by atomic mass is 10.1. The van der Waals surface area contributed by atoms with Gasteiger partial charge in [0.05, 0.1) is 6.10 Å². The predicted molar refractivity (Wildman–Crippen MR) is 82.1 cm³/mol. The molecule has 0 spiro atoms. The Morgan fingerprint density at radius 2 is 1.50 bits per heavy atom. The standard InChI is InChI=1S/C17H34O/c1-4-7-9-10-11-12-13-14-15-17(6-3)18-16-8-5-2/h10-11,17H,4-9,12-16H2,1-3H3. The summed E-state index contributed by atoms with van der Waals surface area (Å²) in [6.45, 7) is 7.65. The molecule has 0 aromatic heterocycles. The molecule has 0 amide bonds. The quantitative estimate of drug-likeness (QED) is 0.294. The van der Waals surface area contributed by atoms with Crippen LogP contribution >= 0.6 is 0 Å². The molecule has 1 heteroatoms. The fourth-order valence-corrected chi connectivity index (χ4v) is 1.99. The van der Waals surface area contributed by atoms with Crippen molar-refractivity contribution in [1.29, 1.82) is 0 Å². The first-order chi connectivity index (χ1) is 8.85. The second kappa shape index (κ2) is 14.8. The normalized spacial score (nSPS) is 13.3.